The van der Waals surface area contributed by atoms with Gasteiger partial charge in [-0.1, -0.05) is 36.4 Å². The van der Waals surface area contributed by atoms with Crippen LogP contribution in [0.25, 0.3) is 21.5 Å². The third-order valence-corrected chi connectivity index (χ3v) is 5.66. The van der Waals surface area contributed by atoms with Crippen LogP contribution in [0.1, 0.15) is 11.1 Å². The van der Waals surface area contributed by atoms with Crippen LogP contribution >= 0.6 is 0 Å². The summed E-state index contributed by atoms with van der Waals surface area (Å²) in [5, 5.41) is 16.3. The molecule has 0 aliphatic rings. The molecule has 0 radical (unpaired) electrons. The van der Waals surface area contributed by atoms with Gasteiger partial charge in [-0.15, -0.1) is 0 Å². The average Bonchev–Trinajstić information content (AvgIpc) is 2.69. The van der Waals surface area contributed by atoms with E-state index < -0.39 is 80.0 Å². The van der Waals surface area contributed by atoms with Crippen LogP contribution in [0.4, 0.5) is 64.1 Å². The first-order chi connectivity index (χ1) is 16.0. The number of fused-ring (bicyclic) bond motifs is 3. The number of aliphatic hydroxyl groups is 2. The van der Waals surface area contributed by atoms with Crippen molar-refractivity contribution in [2.75, 3.05) is 11.5 Å². The molecule has 0 saturated carbocycles. The lowest BCUT2D eigenvalue weighted by Gasteiger charge is -2.36. The Morgan fingerprint density at radius 1 is 0.500 bits per heavy atom. The Balaban J connectivity index is 2.67. The fourth-order valence-corrected chi connectivity index (χ4v) is 3.96. The van der Waals surface area contributed by atoms with Crippen molar-refractivity contribution in [2.24, 2.45) is 0 Å². The van der Waals surface area contributed by atoms with Crippen molar-refractivity contribution < 1.29 is 62.9 Å². The van der Waals surface area contributed by atoms with E-state index in [9.17, 15) is 62.9 Å². The third kappa shape index (κ3) is 3.48. The monoisotopic (exact) mass is 540 g/mol. The summed E-state index contributed by atoms with van der Waals surface area (Å²) in [7, 11) is 0. The van der Waals surface area contributed by atoms with Gasteiger partial charge in [0.05, 0.1) is 0 Å². The summed E-state index contributed by atoms with van der Waals surface area (Å²) in [4.78, 5) is 0. The highest BCUT2D eigenvalue weighted by molar-refractivity contribution is 6.19. The van der Waals surface area contributed by atoms with Crippen LogP contribution in [0, 0.1) is 0 Å². The van der Waals surface area contributed by atoms with E-state index in [1.807, 2.05) is 0 Å². The second-order valence-electron chi connectivity index (χ2n) is 7.70. The molecule has 4 nitrogen and oxygen atoms in total. The van der Waals surface area contributed by atoms with E-state index in [-0.39, 0.29) is 6.07 Å². The zero-order chi connectivity index (χ0) is 27.9. The van der Waals surface area contributed by atoms with Gasteiger partial charge in [0.2, 0.25) is 0 Å². The van der Waals surface area contributed by atoms with Gasteiger partial charge in [0.25, 0.3) is 11.2 Å². The quantitative estimate of drug-likeness (QED) is 0.188. The van der Waals surface area contributed by atoms with Gasteiger partial charge in [-0.25, -0.2) is 0 Å². The Bertz CT molecular complexity index is 1310. The molecule has 198 valence electrons. The predicted molar refractivity (Wildman–Crippen MR) is 102 cm³/mol. The molecule has 0 aliphatic heterocycles. The Labute approximate surface area is 191 Å². The Hall–Kier alpha value is -3.14. The van der Waals surface area contributed by atoms with Gasteiger partial charge in [0, 0.05) is 27.9 Å². The van der Waals surface area contributed by atoms with Gasteiger partial charge in [-0.3, -0.25) is 0 Å². The summed E-state index contributed by atoms with van der Waals surface area (Å²) in [5.41, 5.74) is -8.12. The van der Waals surface area contributed by atoms with Crippen molar-refractivity contribution in [1.29, 1.82) is 0 Å². The number of hydrogen-bond acceptors (Lipinski definition) is 4. The number of hydrogen-bond donors (Lipinski definition) is 4. The molecule has 3 rings (SSSR count). The first-order valence-electron chi connectivity index (χ1n) is 9.28. The van der Waals surface area contributed by atoms with Crippen LogP contribution in [-0.2, 0) is 11.2 Å². The minimum atomic E-state index is -6.51. The minimum Gasteiger partial charge on any atom is -0.398 e. The Kier molecular flexibility index (Phi) is 5.85. The third-order valence-electron chi connectivity index (χ3n) is 5.66. The summed E-state index contributed by atoms with van der Waals surface area (Å²) < 4.78 is 163. The van der Waals surface area contributed by atoms with Gasteiger partial charge < -0.3 is 21.7 Å². The highest BCUT2D eigenvalue weighted by Crippen LogP contribution is 2.57. The summed E-state index contributed by atoms with van der Waals surface area (Å²) in [6.45, 7) is 0. The molecule has 36 heavy (non-hydrogen) atoms. The molecule has 0 atom stereocenters. The first kappa shape index (κ1) is 27.4. The second-order valence-corrected chi connectivity index (χ2v) is 7.70. The topological polar surface area (TPSA) is 92.5 Å². The number of rotatable bonds is 2. The Morgan fingerprint density at radius 2 is 0.917 bits per heavy atom. The van der Waals surface area contributed by atoms with Crippen LogP contribution in [0.5, 0.6) is 0 Å². The molecule has 0 spiro atoms. The molecule has 3 aromatic rings. The molecule has 0 bridgehead atoms. The number of nitrogen functional groups attached to an aromatic ring is 2. The van der Waals surface area contributed by atoms with Crippen LogP contribution < -0.4 is 11.5 Å². The maximum atomic E-state index is 13.7. The van der Waals surface area contributed by atoms with Gasteiger partial charge >= 0.3 is 24.7 Å². The lowest BCUT2D eigenvalue weighted by atomic mass is 9.81. The molecule has 0 amide bonds. The molecule has 0 aromatic heterocycles. The number of nitrogens with two attached hydrogens (primary N) is 2. The summed E-state index contributed by atoms with van der Waals surface area (Å²) >= 11 is 0. The van der Waals surface area contributed by atoms with E-state index in [1.165, 1.54) is 0 Å². The molecule has 16 heteroatoms. The number of halogens is 12. The fourth-order valence-electron chi connectivity index (χ4n) is 3.96. The Morgan fingerprint density at radius 3 is 1.33 bits per heavy atom. The summed E-state index contributed by atoms with van der Waals surface area (Å²) in [6.07, 6.45) is -26.0. The molecule has 6 N–H and O–H groups in total. The molecule has 0 fully saturated rings. The molecule has 0 saturated heterocycles. The number of alkyl halides is 12. The SMILES string of the molecule is Nc1c(C(O)(C(F)(F)F)C(F)(F)F)ccc2c1c(N)c(C(O)(C(F)(F)F)C(F)(F)F)c1ccccc12. The largest absolute Gasteiger partial charge is 0.430 e. The summed E-state index contributed by atoms with van der Waals surface area (Å²) in [5.74, 6) is 0. The van der Waals surface area contributed by atoms with Crippen LogP contribution in [0.2, 0.25) is 0 Å². The zero-order valence-corrected chi connectivity index (χ0v) is 17.0. The second kappa shape index (κ2) is 7.68. The summed E-state index contributed by atoms with van der Waals surface area (Å²) in [6, 6.07) is 4.12. The predicted octanol–water partition coefficient (Wildman–Crippen LogP) is 5.78. The first-order valence-corrected chi connectivity index (χ1v) is 9.28. The van der Waals surface area contributed by atoms with Crippen molar-refractivity contribution in [3.63, 3.8) is 0 Å². The van der Waals surface area contributed by atoms with Crippen molar-refractivity contribution in [3.8, 4) is 0 Å². The van der Waals surface area contributed by atoms with Crippen molar-refractivity contribution in [1.82, 2.24) is 0 Å². The van der Waals surface area contributed by atoms with E-state index in [0.29, 0.717) is 12.1 Å². The molecule has 3 aromatic carbocycles. The maximum absolute atomic E-state index is 13.7. The smallest absolute Gasteiger partial charge is 0.398 e. The van der Waals surface area contributed by atoms with Crippen LogP contribution in [0.3, 0.4) is 0 Å². The average molecular weight is 540 g/mol. The standard InChI is InChI=1S/C20H12F12N2O2/c21-17(22,23)15(35,18(24,25)26)10-6-5-8-7-3-1-2-4-9(7)12(14(34)11(8)13(10)33)16(36,19(27,28)29)20(30,31)32/h1-6,35-36H,33-34H2. The normalized spacial score (nSPS) is 14.6. The molecule has 0 heterocycles. The maximum Gasteiger partial charge on any atom is 0.430 e. The van der Waals surface area contributed by atoms with Crippen molar-refractivity contribution in [3.05, 3.63) is 47.5 Å². The van der Waals surface area contributed by atoms with Crippen molar-refractivity contribution in [2.45, 2.75) is 35.9 Å². The molecule has 0 unspecified atom stereocenters. The zero-order valence-electron chi connectivity index (χ0n) is 17.0. The minimum absolute atomic E-state index is 0.0733. The van der Waals surface area contributed by atoms with Gasteiger partial charge in [0.1, 0.15) is 0 Å². The lowest BCUT2D eigenvalue weighted by molar-refractivity contribution is -0.376. The van der Waals surface area contributed by atoms with Gasteiger partial charge in [0.15, 0.2) is 0 Å². The lowest BCUT2D eigenvalue weighted by Crippen LogP contribution is -2.54. The van der Waals surface area contributed by atoms with Gasteiger partial charge in [-0.2, -0.15) is 52.7 Å². The molecular weight excluding hydrogens is 528 g/mol. The fraction of sp³-hybridized carbons (Fsp3) is 0.300. The van der Waals surface area contributed by atoms with E-state index in [0.717, 1.165) is 18.2 Å². The van der Waals surface area contributed by atoms with E-state index >= 15 is 0 Å². The van der Waals surface area contributed by atoms with Crippen molar-refractivity contribution >= 4 is 32.9 Å². The van der Waals surface area contributed by atoms with Crippen LogP contribution in [-0.4, -0.2) is 34.9 Å². The van der Waals surface area contributed by atoms with Gasteiger partial charge in [-0.05, 0) is 16.2 Å². The highest BCUT2D eigenvalue weighted by Gasteiger charge is 2.73. The van der Waals surface area contributed by atoms with E-state index in [1.54, 1.807) is 0 Å². The number of benzene rings is 3. The molecular formula is C20H12F12N2O2. The van der Waals surface area contributed by atoms with E-state index in [2.05, 4.69) is 0 Å². The van der Waals surface area contributed by atoms with Crippen LogP contribution in [0.15, 0.2) is 36.4 Å². The number of anilines is 2. The van der Waals surface area contributed by atoms with E-state index in [4.69, 9.17) is 11.5 Å². The molecule has 0 aliphatic carbocycles. The highest BCUT2D eigenvalue weighted by atomic mass is 19.4.